The van der Waals surface area contributed by atoms with E-state index in [9.17, 15) is 9.18 Å². The number of hydrogen-bond donors (Lipinski definition) is 0. The lowest BCUT2D eigenvalue weighted by Gasteiger charge is -2.05. The van der Waals surface area contributed by atoms with Gasteiger partial charge < -0.3 is 4.74 Å². The van der Waals surface area contributed by atoms with Gasteiger partial charge >= 0.3 is 5.97 Å². The SMILES string of the molecule is O=C(OCc1ccccc1F)c1cccc(Br)n1. The van der Waals surface area contributed by atoms with Gasteiger partial charge in [-0.1, -0.05) is 24.3 Å². The number of ether oxygens (including phenoxy) is 1. The van der Waals surface area contributed by atoms with E-state index in [0.717, 1.165) is 0 Å². The van der Waals surface area contributed by atoms with Crippen molar-refractivity contribution in [2.24, 2.45) is 0 Å². The van der Waals surface area contributed by atoms with Gasteiger partial charge in [-0.2, -0.15) is 0 Å². The number of hydrogen-bond acceptors (Lipinski definition) is 3. The molecule has 0 saturated carbocycles. The van der Waals surface area contributed by atoms with Crippen molar-refractivity contribution in [3.63, 3.8) is 0 Å². The van der Waals surface area contributed by atoms with Crippen molar-refractivity contribution in [2.45, 2.75) is 6.61 Å². The molecule has 0 atom stereocenters. The van der Waals surface area contributed by atoms with Crippen LogP contribution < -0.4 is 0 Å². The van der Waals surface area contributed by atoms with Crippen LogP contribution in [0.3, 0.4) is 0 Å². The van der Waals surface area contributed by atoms with E-state index in [1.54, 1.807) is 30.3 Å². The molecule has 2 rings (SSSR count). The van der Waals surface area contributed by atoms with Gasteiger partial charge in [-0.05, 0) is 34.1 Å². The molecule has 1 aromatic heterocycles. The van der Waals surface area contributed by atoms with Crippen molar-refractivity contribution >= 4 is 21.9 Å². The normalized spacial score (nSPS) is 10.1. The van der Waals surface area contributed by atoms with Gasteiger partial charge in [-0.15, -0.1) is 0 Å². The molecule has 3 nitrogen and oxygen atoms in total. The van der Waals surface area contributed by atoms with E-state index in [0.29, 0.717) is 10.2 Å². The summed E-state index contributed by atoms with van der Waals surface area (Å²) >= 11 is 3.16. The van der Waals surface area contributed by atoms with E-state index in [4.69, 9.17) is 4.74 Å². The highest BCUT2D eigenvalue weighted by atomic mass is 79.9. The molecule has 0 saturated heterocycles. The van der Waals surface area contributed by atoms with Crippen LogP contribution >= 0.6 is 15.9 Å². The highest BCUT2D eigenvalue weighted by Crippen LogP contribution is 2.11. The van der Waals surface area contributed by atoms with Gasteiger partial charge in [-0.25, -0.2) is 14.2 Å². The third-order valence-corrected chi connectivity index (χ3v) is 2.68. The molecule has 0 aliphatic carbocycles. The zero-order chi connectivity index (χ0) is 13.0. The monoisotopic (exact) mass is 309 g/mol. The molecule has 0 N–H and O–H groups in total. The summed E-state index contributed by atoms with van der Waals surface area (Å²) in [6.45, 7) is -0.111. The highest BCUT2D eigenvalue weighted by molar-refractivity contribution is 9.10. The standard InChI is InChI=1S/C13H9BrFNO2/c14-12-7-3-6-11(16-12)13(17)18-8-9-4-1-2-5-10(9)15/h1-7H,8H2. The zero-order valence-electron chi connectivity index (χ0n) is 9.27. The number of halogens is 2. The van der Waals surface area contributed by atoms with Crippen molar-refractivity contribution in [1.82, 2.24) is 4.98 Å². The van der Waals surface area contributed by atoms with Crippen molar-refractivity contribution in [3.8, 4) is 0 Å². The van der Waals surface area contributed by atoms with Crippen LogP contribution in [-0.4, -0.2) is 11.0 Å². The van der Waals surface area contributed by atoms with Gasteiger partial charge in [0, 0.05) is 5.56 Å². The van der Waals surface area contributed by atoms with E-state index in [1.165, 1.54) is 12.1 Å². The maximum absolute atomic E-state index is 13.3. The van der Waals surface area contributed by atoms with Crippen molar-refractivity contribution in [3.05, 3.63) is 64.1 Å². The summed E-state index contributed by atoms with van der Waals surface area (Å²) in [5.41, 5.74) is 0.515. The van der Waals surface area contributed by atoms with Crippen LogP contribution in [0.1, 0.15) is 16.1 Å². The molecule has 0 fully saturated rings. The molecular formula is C13H9BrFNO2. The fourth-order valence-electron chi connectivity index (χ4n) is 1.35. The van der Waals surface area contributed by atoms with Gasteiger partial charge in [0.2, 0.25) is 0 Å². The molecule has 0 aliphatic heterocycles. The summed E-state index contributed by atoms with van der Waals surface area (Å²) in [7, 11) is 0. The summed E-state index contributed by atoms with van der Waals surface area (Å²) < 4.78 is 18.8. The average molecular weight is 310 g/mol. The summed E-state index contributed by atoms with van der Waals surface area (Å²) in [5, 5.41) is 0. The van der Waals surface area contributed by atoms with Crippen molar-refractivity contribution in [1.29, 1.82) is 0 Å². The molecule has 92 valence electrons. The summed E-state index contributed by atoms with van der Waals surface area (Å²) in [6.07, 6.45) is 0. The molecular weight excluding hydrogens is 301 g/mol. The molecule has 1 heterocycles. The van der Waals surface area contributed by atoms with Crippen molar-refractivity contribution in [2.75, 3.05) is 0 Å². The Hall–Kier alpha value is -1.75. The lowest BCUT2D eigenvalue weighted by molar-refractivity contribution is 0.0462. The number of pyridine rings is 1. The fourth-order valence-corrected chi connectivity index (χ4v) is 1.70. The van der Waals surface area contributed by atoms with E-state index in [-0.39, 0.29) is 12.3 Å². The quantitative estimate of drug-likeness (QED) is 0.645. The van der Waals surface area contributed by atoms with Crippen molar-refractivity contribution < 1.29 is 13.9 Å². The maximum atomic E-state index is 13.3. The number of rotatable bonds is 3. The van der Waals surface area contributed by atoms with E-state index in [1.807, 2.05) is 0 Å². The number of aromatic nitrogens is 1. The second-order valence-electron chi connectivity index (χ2n) is 3.51. The van der Waals surface area contributed by atoms with E-state index < -0.39 is 11.8 Å². The minimum atomic E-state index is -0.584. The second-order valence-corrected chi connectivity index (χ2v) is 4.33. The maximum Gasteiger partial charge on any atom is 0.357 e. The minimum absolute atomic E-state index is 0.111. The van der Waals surface area contributed by atoms with Gasteiger partial charge in [0.25, 0.3) is 0 Å². The number of esters is 1. The number of benzene rings is 1. The van der Waals surface area contributed by atoms with Crippen LogP contribution in [0.5, 0.6) is 0 Å². The zero-order valence-corrected chi connectivity index (χ0v) is 10.9. The minimum Gasteiger partial charge on any atom is -0.456 e. The third-order valence-electron chi connectivity index (χ3n) is 2.24. The van der Waals surface area contributed by atoms with Gasteiger partial charge in [0.1, 0.15) is 22.7 Å². The molecule has 0 spiro atoms. The van der Waals surface area contributed by atoms with Gasteiger partial charge in [0.05, 0.1) is 0 Å². The first-order valence-electron chi connectivity index (χ1n) is 5.20. The Labute approximate surface area is 112 Å². The molecule has 5 heteroatoms. The van der Waals surface area contributed by atoms with Crippen LogP contribution in [0.2, 0.25) is 0 Å². The first-order chi connectivity index (χ1) is 8.66. The predicted octanol–water partition coefficient (Wildman–Crippen LogP) is 3.34. The Bertz CT molecular complexity index is 574. The van der Waals surface area contributed by atoms with E-state index >= 15 is 0 Å². The fraction of sp³-hybridized carbons (Fsp3) is 0.0769. The Kier molecular flexibility index (Phi) is 4.04. The van der Waals surface area contributed by atoms with Crippen LogP contribution in [0.4, 0.5) is 4.39 Å². The first-order valence-corrected chi connectivity index (χ1v) is 5.99. The molecule has 0 radical (unpaired) electrons. The lowest BCUT2D eigenvalue weighted by Crippen LogP contribution is -2.08. The Morgan fingerprint density at radius 2 is 2.00 bits per heavy atom. The van der Waals surface area contributed by atoms with Gasteiger partial charge in [-0.3, -0.25) is 0 Å². The molecule has 0 aliphatic rings. The predicted molar refractivity (Wildman–Crippen MR) is 67.5 cm³/mol. The molecule has 18 heavy (non-hydrogen) atoms. The molecule has 0 unspecified atom stereocenters. The summed E-state index contributed by atoms with van der Waals surface area (Å²) in [4.78, 5) is 15.6. The Balaban J connectivity index is 2.03. The van der Waals surface area contributed by atoms with Crippen LogP contribution in [0.25, 0.3) is 0 Å². The lowest BCUT2D eigenvalue weighted by atomic mass is 10.2. The summed E-state index contributed by atoms with van der Waals surface area (Å²) in [6, 6.07) is 11.1. The first kappa shape index (κ1) is 12.7. The Morgan fingerprint density at radius 3 is 2.72 bits per heavy atom. The topological polar surface area (TPSA) is 39.2 Å². The van der Waals surface area contributed by atoms with Crippen LogP contribution in [-0.2, 0) is 11.3 Å². The second kappa shape index (κ2) is 5.73. The van der Waals surface area contributed by atoms with Crippen LogP contribution in [0.15, 0.2) is 47.1 Å². The van der Waals surface area contributed by atoms with Crippen LogP contribution in [0, 0.1) is 5.82 Å². The van der Waals surface area contributed by atoms with Gasteiger partial charge in [0.15, 0.2) is 0 Å². The molecule has 1 aromatic carbocycles. The molecule has 0 amide bonds. The summed E-state index contributed by atoms with van der Waals surface area (Å²) in [5.74, 6) is -0.980. The molecule has 0 bridgehead atoms. The third kappa shape index (κ3) is 3.13. The smallest absolute Gasteiger partial charge is 0.357 e. The van der Waals surface area contributed by atoms with E-state index in [2.05, 4.69) is 20.9 Å². The number of carbonyl (C=O) groups excluding carboxylic acids is 1. The number of nitrogens with zero attached hydrogens (tertiary/aromatic N) is 1. The largest absolute Gasteiger partial charge is 0.456 e. The molecule has 2 aromatic rings. The average Bonchev–Trinajstić information content (AvgIpc) is 2.37. The number of carbonyl (C=O) groups is 1. The Morgan fingerprint density at radius 1 is 1.22 bits per heavy atom. The highest BCUT2D eigenvalue weighted by Gasteiger charge is 2.10.